The standard InChI is InChI=1S/C9H9N3O2/c10-9(14)11-12-5-6-3-1-2-4-7(6)8(12)13/h1-4H,5H2,(H3,10,11,14). The van der Waals surface area contributed by atoms with E-state index in [1.165, 1.54) is 5.01 Å². The van der Waals surface area contributed by atoms with E-state index >= 15 is 0 Å². The summed E-state index contributed by atoms with van der Waals surface area (Å²) in [7, 11) is 0. The first-order valence-electron chi connectivity index (χ1n) is 4.14. The number of nitrogens with zero attached hydrogens (tertiary/aromatic N) is 1. The van der Waals surface area contributed by atoms with Crippen molar-refractivity contribution >= 4 is 11.9 Å². The third-order valence-corrected chi connectivity index (χ3v) is 2.07. The van der Waals surface area contributed by atoms with Crippen LogP contribution in [0.25, 0.3) is 0 Å². The van der Waals surface area contributed by atoms with Gasteiger partial charge < -0.3 is 5.73 Å². The number of nitrogens with one attached hydrogen (secondary N) is 1. The Labute approximate surface area is 80.5 Å². The summed E-state index contributed by atoms with van der Waals surface area (Å²) in [5, 5.41) is 1.20. The molecule has 3 amide bonds. The Kier molecular flexibility index (Phi) is 1.85. The monoisotopic (exact) mass is 191 g/mol. The van der Waals surface area contributed by atoms with Crippen LogP contribution < -0.4 is 11.2 Å². The van der Waals surface area contributed by atoms with Crippen molar-refractivity contribution in [1.29, 1.82) is 0 Å². The highest BCUT2D eigenvalue weighted by atomic mass is 16.2. The van der Waals surface area contributed by atoms with E-state index in [4.69, 9.17) is 5.73 Å². The van der Waals surface area contributed by atoms with Gasteiger partial charge in [0.1, 0.15) is 0 Å². The van der Waals surface area contributed by atoms with Crippen LogP contribution in [0.3, 0.4) is 0 Å². The molecule has 0 atom stereocenters. The van der Waals surface area contributed by atoms with Crippen molar-refractivity contribution in [1.82, 2.24) is 10.4 Å². The summed E-state index contributed by atoms with van der Waals surface area (Å²) in [6, 6.07) is 6.46. The summed E-state index contributed by atoms with van der Waals surface area (Å²) in [6.45, 7) is 0.373. The van der Waals surface area contributed by atoms with Crippen LogP contribution in [0.2, 0.25) is 0 Å². The van der Waals surface area contributed by atoms with Crippen molar-refractivity contribution in [3.05, 3.63) is 35.4 Å². The molecule has 0 saturated carbocycles. The first-order chi connectivity index (χ1) is 6.68. The number of carbonyl (C=O) groups excluding carboxylic acids is 2. The Bertz CT molecular complexity index is 403. The summed E-state index contributed by atoms with van der Waals surface area (Å²) in [5.74, 6) is -0.223. The number of hydrogen-bond donors (Lipinski definition) is 2. The lowest BCUT2D eigenvalue weighted by Gasteiger charge is -2.14. The quantitative estimate of drug-likeness (QED) is 0.666. The van der Waals surface area contributed by atoms with Crippen molar-refractivity contribution < 1.29 is 9.59 Å². The van der Waals surface area contributed by atoms with E-state index < -0.39 is 6.03 Å². The Morgan fingerprint density at radius 1 is 1.43 bits per heavy atom. The van der Waals surface area contributed by atoms with Gasteiger partial charge in [-0.1, -0.05) is 18.2 Å². The number of primary amides is 1. The lowest BCUT2D eigenvalue weighted by atomic mass is 10.1. The van der Waals surface area contributed by atoms with Gasteiger partial charge in [0.25, 0.3) is 5.91 Å². The van der Waals surface area contributed by atoms with Crippen LogP contribution in [0, 0.1) is 0 Å². The van der Waals surface area contributed by atoms with Crippen molar-refractivity contribution in [3.8, 4) is 0 Å². The molecule has 0 aromatic heterocycles. The minimum atomic E-state index is -0.730. The molecule has 3 N–H and O–H groups in total. The van der Waals surface area contributed by atoms with Gasteiger partial charge in [-0.05, 0) is 11.6 Å². The average Bonchev–Trinajstić information content (AvgIpc) is 2.44. The Morgan fingerprint density at radius 3 is 2.79 bits per heavy atom. The molecule has 0 aliphatic carbocycles. The maximum absolute atomic E-state index is 11.6. The molecular formula is C9H9N3O2. The van der Waals surface area contributed by atoms with Crippen LogP contribution in [-0.4, -0.2) is 16.9 Å². The van der Waals surface area contributed by atoms with Crippen molar-refractivity contribution in [2.45, 2.75) is 6.54 Å². The molecule has 1 aliphatic rings. The van der Waals surface area contributed by atoms with Gasteiger partial charge in [-0.2, -0.15) is 0 Å². The molecule has 0 saturated heterocycles. The van der Waals surface area contributed by atoms with Crippen LogP contribution in [0.4, 0.5) is 4.79 Å². The zero-order valence-electron chi connectivity index (χ0n) is 7.36. The second-order valence-corrected chi connectivity index (χ2v) is 3.02. The summed E-state index contributed by atoms with van der Waals surface area (Å²) < 4.78 is 0. The summed E-state index contributed by atoms with van der Waals surface area (Å²) in [5.41, 5.74) is 8.69. The largest absolute Gasteiger partial charge is 0.350 e. The van der Waals surface area contributed by atoms with Crippen LogP contribution in [0.5, 0.6) is 0 Å². The summed E-state index contributed by atoms with van der Waals surface area (Å²) in [6.07, 6.45) is 0. The Morgan fingerprint density at radius 2 is 2.14 bits per heavy atom. The second kappa shape index (κ2) is 3.02. The third-order valence-electron chi connectivity index (χ3n) is 2.07. The van der Waals surface area contributed by atoms with Crippen LogP contribution in [0.15, 0.2) is 24.3 Å². The normalized spacial score (nSPS) is 14.0. The third kappa shape index (κ3) is 1.28. The molecule has 14 heavy (non-hydrogen) atoms. The fraction of sp³-hybridized carbons (Fsp3) is 0.111. The fourth-order valence-electron chi connectivity index (χ4n) is 1.48. The fourth-order valence-corrected chi connectivity index (χ4v) is 1.48. The van der Waals surface area contributed by atoms with Crippen LogP contribution in [-0.2, 0) is 6.54 Å². The number of hydrogen-bond acceptors (Lipinski definition) is 2. The Hall–Kier alpha value is -2.04. The summed E-state index contributed by atoms with van der Waals surface area (Å²) >= 11 is 0. The van der Waals surface area contributed by atoms with E-state index in [0.29, 0.717) is 12.1 Å². The molecule has 0 radical (unpaired) electrons. The predicted molar refractivity (Wildman–Crippen MR) is 49.0 cm³/mol. The number of carbonyl (C=O) groups is 2. The van der Waals surface area contributed by atoms with Gasteiger partial charge >= 0.3 is 6.03 Å². The van der Waals surface area contributed by atoms with Crippen molar-refractivity contribution in [2.75, 3.05) is 0 Å². The Balaban J connectivity index is 2.26. The lowest BCUT2D eigenvalue weighted by molar-refractivity contribution is 0.0711. The minimum absolute atomic E-state index is 0.223. The van der Waals surface area contributed by atoms with Crippen molar-refractivity contribution in [3.63, 3.8) is 0 Å². The van der Waals surface area contributed by atoms with Gasteiger partial charge in [0.2, 0.25) is 0 Å². The maximum Gasteiger partial charge on any atom is 0.331 e. The molecule has 72 valence electrons. The average molecular weight is 191 g/mol. The van der Waals surface area contributed by atoms with E-state index in [0.717, 1.165) is 5.56 Å². The number of fused-ring (bicyclic) bond motifs is 1. The van der Waals surface area contributed by atoms with Gasteiger partial charge in [-0.15, -0.1) is 0 Å². The highest BCUT2D eigenvalue weighted by Crippen LogP contribution is 2.20. The molecule has 1 aromatic carbocycles. The van der Waals surface area contributed by atoms with E-state index in [1.54, 1.807) is 12.1 Å². The van der Waals surface area contributed by atoms with Crippen LogP contribution >= 0.6 is 0 Å². The first kappa shape index (κ1) is 8.55. The van der Waals surface area contributed by atoms with Crippen LogP contribution in [0.1, 0.15) is 15.9 Å². The maximum atomic E-state index is 11.6. The molecule has 1 aromatic rings. The summed E-state index contributed by atoms with van der Waals surface area (Å²) in [4.78, 5) is 22.2. The number of nitrogens with two attached hydrogens (primary N) is 1. The molecule has 0 bridgehead atoms. The molecule has 1 heterocycles. The molecule has 2 rings (SSSR count). The number of hydrazine groups is 1. The van der Waals surface area contributed by atoms with Gasteiger partial charge in [-0.3, -0.25) is 4.79 Å². The van der Waals surface area contributed by atoms with E-state index in [2.05, 4.69) is 5.43 Å². The van der Waals surface area contributed by atoms with Gasteiger partial charge in [0, 0.05) is 5.56 Å². The number of rotatable bonds is 1. The topological polar surface area (TPSA) is 75.4 Å². The predicted octanol–water partition coefficient (Wildman–Crippen LogP) is 0.226. The van der Waals surface area contributed by atoms with Gasteiger partial charge in [-0.25, -0.2) is 15.2 Å². The zero-order valence-corrected chi connectivity index (χ0v) is 7.36. The molecule has 5 heteroatoms. The minimum Gasteiger partial charge on any atom is -0.350 e. The molecular weight excluding hydrogens is 182 g/mol. The highest BCUT2D eigenvalue weighted by Gasteiger charge is 2.27. The SMILES string of the molecule is NC(=O)NN1Cc2ccccc2C1=O. The molecule has 0 fully saturated rings. The molecule has 5 nitrogen and oxygen atoms in total. The smallest absolute Gasteiger partial charge is 0.331 e. The van der Waals surface area contributed by atoms with E-state index in [9.17, 15) is 9.59 Å². The van der Waals surface area contributed by atoms with Gasteiger partial charge in [0.15, 0.2) is 0 Å². The zero-order chi connectivity index (χ0) is 10.1. The molecule has 0 unspecified atom stereocenters. The second-order valence-electron chi connectivity index (χ2n) is 3.02. The molecule has 0 spiro atoms. The number of benzene rings is 1. The van der Waals surface area contributed by atoms with E-state index in [1.807, 2.05) is 12.1 Å². The number of amides is 3. The van der Waals surface area contributed by atoms with Crippen molar-refractivity contribution in [2.24, 2.45) is 5.73 Å². The number of urea groups is 1. The van der Waals surface area contributed by atoms with E-state index in [-0.39, 0.29) is 5.91 Å². The first-order valence-corrected chi connectivity index (χ1v) is 4.14. The van der Waals surface area contributed by atoms with Gasteiger partial charge in [0.05, 0.1) is 6.54 Å². The highest BCUT2D eigenvalue weighted by molar-refractivity contribution is 5.99. The molecule has 1 aliphatic heterocycles. The lowest BCUT2D eigenvalue weighted by Crippen LogP contribution is -2.44.